The Morgan fingerprint density at radius 3 is 2.84 bits per heavy atom. The van der Waals surface area contributed by atoms with Crippen molar-refractivity contribution in [3.8, 4) is 11.6 Å². The average Bonchev–Trinajstić information content (AvgIpc) is 2.46. The molecule has 0 aliphatic rings. The third-order valence-electron chi connectivity index (χ3n) is 2.62. The molecule has 2 aromatic rings. The molecule has 0 saturated heterocycles. The summed E-state index contributed by atoms with van der Waals surface area (Å²) in [6.45, 7) is 2.36. The average molecular weight is 323 g/mol. The number of rotatable bonds is 5. The second-order valence-electron chi connectivity index (χ2n) is 3.99. The van der Waals surface area contributed by atoms with E-state index in [0.717, 1.165) is 22.7 Å². The van der Waals surface area contributed by atoms with Crippen LogP contribution < -0.4 is 9.47 Å². The third-order valence-corrected chi connectivity index (χ3v) is 3.16. The van der Waals surface area contributed by atoms with Crippen LogP contribution in [0.2, 0.25) is 0 Å². The van der Waals surface area contributed by atoms with E-state index < -0.39 is 0 Å². The van der Waals surface area contributed by atoms with Crippen molar-refractivity contribution in [2.75, 3.05) is 7.11 Å². The Kier molecular flexibility index (Phi) is 4.74. The van der Waals surface area contributed by atoms with Crippen molar-refractivity contribution in [1.29, 1.82) is 0 Å². The normalized spacial score (nSPS) is 10.3. The highest BCUT2D eigenvalue weighted by molar-refractivity contribution is 9.08. The Morgan fingerprint density at radius 1 is 1.26 bits per heavy atom. The van der Waals surface area contributed by atoms with Crippen LogP contribution in [0.3, 0.4) is 0 Å². The van der Waals surface area contributed by atoms with E-state index in [1.54, 1.807) is 13.3 Å². The lowest BCUT2D eigenvalue weighted by atomic mass is 10.2. The van der Waals surface area contributed by atoms with E-state index in [9.17, 15) is 0 Å². The van der Waals surface area contributed by atoms with E-state index in [1.807, 2.05) is 31.2 Å². The number of aromatic nitrogens is 2. The van der Waals surface area contributed by atoms with E-state index in [-0.39, 0.29) is 0 Å². The van der Waals surface area contributed by atoms with Crippen LogP contribution in [-0.2, 0) is 11.9 Å². The number of nitrogens with zero attached hydrogens (tertiary/aromatic N) is 2. The fourth-order valence-electron chi connectivity index (χ4n) is 1.70. The Balaban J connectivity index is 2.14. The van der Waals surface area contributed by atoms with E-state index in [4.69, 9.17) is 9.47 Å². The van der Waals surface area contributed by atoms with Crippen LogP contribution >= 0.6 is 15.9 Å². The summed E-state index contributed by atoms with van der Waals surface area (Å²) in [7, 11) is 1.60. The van der Waals surface area contributed by atoms with Crippen molar-refractivity contribution in [3.05, 3.63) is 47.4 Å². The molecule has 0 aliphatic carbocycles. The van der Waals surface area contributed by atoms with Gasteiger partial charge in [-0.25, -0.2) is 4.98 Å². The van der Waals surface area contributed by atoms with Gasteiger partial charge in [-0.1, -0.05) is 15.9 Å². The van der Waals surface area contributed by atoms with Gasteiger partial charge in [0.1, 0.15) is 12.4 Å². The Bertz CT molecular complexity index is 561. The van der Waals surface area contributed by atoms with Crippen molar-refractivity contribution in [2.24, 2.45) is 0 Å². The first kappa shape index (κ1) is 13.8. The van der Waals surface area contributed by atoms with Crippen LogP contribution in [-0.4, -0.2) is 17.1 Å². The molecule has 19 heavy (non-hydrogen) atoms. The van der Waals surface area contributed by atoms with E-state index in [0.29, 0.717) is 17.8 Å². The first-order chi connectivity index (χ1) is 9.24. The molecular weight excluding hydrogens is 308 g/mol. The standard InChI is InChI=1S/C14H15BrN2O2/c1-10-5-6-13(12(8-15)17-10)19-9-11-4-3-7-16-14(11)18-2/h3-7H,8-9H2,1-2H3. The number of hydrogen-bond donors (Lipinski definition) is 0. The molecule has 0 atom stereocenters. The molecule has 0 amide bonds. The summed E-state index contributed by atoms with van der Waals surface area (Å²) in [6, 6.07) is 7.66. The third kappa shape index (κ3) is 3.44. The molecule has 0 bridgehead atoms. The molecule has 0 aromatic carbocycles. The largest absolute Gasteiger partial charge is 0.487 e. The first-order valence-corrected chi connectivity index (χ1v) is 7.00. The molecule has 4 nitrogen and oxygen atoms in total. The molecule has 0 radical (unpaired) electrons. The van der Waals surface area contributed by atoms with E-state index in [2.05, 4.69) is 25.9 Å². The lowest BCUT2D eigenvalue weighted by molar-refractivity contribution is 0.290. The minimum Gasteiger partial charge on any atom is -0.487 e. The predicted octanol–water partition coefficient (Wildman–Crippen LogP) is 3.27. The van der Waals surface area contributed by atoms with Gasteiger partial charge in [-0.3, -0.25) is 4.98 Å². The minimum absolute atomic E-state index is 0.405. The summed E-state index contributed by atoms with van der Waals surface area (Å²) < 4.78 is 11.0. The van der Waals surface area contributed by atoms with Crippen molar-refractivity contribution < 1.29 is 9.47 Å². The van der Waals surface area contributed by atoms with Crippen molar-refractivity contribution in [1.82, 2.24) is 9.97 Å². The number of halogens is 1. The van der Waals surface area contributed by atoms with Gasteiger partial charge in [-0.15, -0.1) is 0 Å². The van der Waals surface area contributed by atoms with Gasteiger partial charge in [-0.2, -0.15) is 0 Å². The number of ether oxygens (including phenoxy) is 2. The Hall–Kier alpha value is -1.62. The second-order valence-corrected chi connectivity index (χ2v) is 4.55. The molecule has 100 valence electrons. The van der Waals surface area contributed by atoms with Crippen molar-refractivity contribution in [2.45, 2.75) is 18.9 Å². The molecule has 2 heterocycles. The molecule has 0 fully saturated rings. The van der Waals surface area contributed by atoms with Crippen LogP contribution in [0.5, 0.6) is 11.6 Å². The second kappa shape index (κ2) is 6.52. The van der Waals surface area contributed by atoms with Crippen LogP contribution in [0.1, 0.15) is 17.0 Å². The molecule has 0 aliphatic heterocycles. The molecular formula is C14H15BrN2O2. The summed E-state index contributed by atoms with van der Waals surface area (Å²) in [5.74, 6) is 1.36. The number of alkyl halides is 1. The number of aryl methyl sites for hydroxylation is 1. The van der Waals surface area contributed by atoms with Gasteiger partial charge >= 0.3 is 0 Å². The number of hydrogen-bond acceptors (Lipinski definition) is 4. The Labute approximate surface area is 120 Å². The fourth-order valence-corrected chi connectivity index (χ4v) is 2.10. The van der Waals surface area contributed by atoms with Crippen molar-refractivity contribution in [3.63, 3.8) is 0 Å². The highest BCUT2D eigenvalue weighted by Gasteiger charge is 2.08. The molecule has 5 heteroatoms. The minimum atomic E-state index is 0.405. The summed E-state index contributed by atoms with van der Waals surface area (Å²) in [4.78, 5) is 8.57. The molecule has 0 spiro atoms. The highest BCUT2D eigenvalue weighted by Crippen LogP contribution is 2.22. The zero-order valence-electron chi connectivity index (χ0n) is 10.9. The SMILES string of the molecule is COc1ncccc1COc1ccc(C)nc1CBr. The van der Waals surface area contributed by atoms with Gasteiger partial charge in [0.15, 0.2) is 0 Å². The summed E-state index contributed by atoms with van der Waals surface area (Å²) in [6.07, 6.45) is 1.69. The van der Waals surface area contributed by atoms with Crippen LogP contribution in [0, 0.1) is 6.92 Å². The molecule has 2 aromatic heterocycles. The van der Waals surface area contributed by atoms with Gasteiger partial charge in [-0.05, 0) is 31.2 Å². The molecule has 2 rings (SSSR count). The summed E-state index contributed by atoms with van der Waals surface area (Å²) in [5.41, 5.74) is 2.77. The number of methoxy groups -OCH3 is 1. The topological polar surface area (TPSA) is 44.2 Å². The lowest BCUT2D eigenvalue weighted by Crippen LogP contribution is -2.02. The zero-order chi connectivity index (χ0) is 13.7. The molecule has 0 saturated carbocycles. The van der Waals surface area contributed by atoms with E-state index >= 15 is 0 Å². The monoisotopic (exact) mass is 322 g/mol. The van der Waals surface area contributed by atoms with Gasteiger partial charge in [0.25, 0.3) is 0 Å². The number of pyridine rings is 2. The summed E-state index contributed by atoms with van der Waals surface area (Å²) in [5, 5.41) is 0.661. The maximum absolute atomic E-state index is 5.80. The van der Waals surface area contributed by atoms with Gasteiger partial charge in [0.05, 0.1) is 18.4 Å². The van der Waals surface area contributed by atoms with Gasteiger partial charge in [0.2, 0.25) is 5.88 Å². The van der Waals surface area contributed by atoms with Crippen LogP contribution in [0.4, 0.5) is 0 Å². The first-order valence-electron chi connectivity index (χ1n) is 5.87. The van der Waals surface area contributed by atoms with Gasteiger partial charge in [0, 0.05) is 17.2 Å². The molecule has 0 N–H and O–H groups in total. The smallest absolute Gasteiger partial charge is 0.219 e. The maximum Gasteiger partial charge on any atom is 0.219 e. The van der Waals surface area contributed by atoms with Gasteiger partial charge < -0.3 is 9.47 Å². The zero-order valence-corrected chi connectivity index (χ0v) is 12.5. The van der Waals surface area contributed by atoms with Crippen molar-refractivity contribution >= 4 is 15.9 Å². The quantitative estimate of drug-likeness (QED) is 0.792. The fraction of sp³-hybridized carbons (Fsp3) is 0.286. The molecule has 0 unspecified atom stereocenters. The van der Waals surface area contributed by atoms with Crippen LogP contribution in [0.25, 0.3) is 0 Å². The predicted molar refractivity (Wildman–Crippen MR) is 76.7 cm³/mol. The lowest BCUT2D eigenvalue weighted by Gasteiger charge is -2.11. The maximum atomic E-state index is 5.80. The highest BCUT2D eigenvalue weighted by atomic mass is 79.9. The summed E-state index contributed by atoms with van der Waals surface area (Å²) >= 11 is 3.42. The van der Waals surface area contributed by atoms with E-state index in [1.165, 1.54) is 0 Å². The Morgan fingerprint density at radius 2 is 2.11 bits per heavy atom. The van der Waals surface area contributed by atoms with Crippen LogP contribution in [0.15, 0.2) is 30.5 Å².